The molecule has 0 saturated carbocycles. The van der Waals surface area contributed by atoms with E-state index in [0.717, 1.165) is 18.7 Å². The molecule has 5 heteroatoms. The summed E-state index contributed by atoms with van der Waals surface area (Å²) in [6.07, 6.45) is 4.26. The van der Waals surface area contributed by atoms with Crippen LogP contribution in [-0.4, -0.2) is 25.6 Å². The Balaban J connectivity index is 0.00000256. The third-order valence-electron chi connectivity index (χ3n) is 4.92. The normalized spacial score (nSPS) is 11.3. The summed E-state index contributed by atoms with van der Waals surface area (Å²) in [5.41, 5.74) is 3.38. The van der Waals surface area contributed by atoms with Crippen molar-refractivity contribution < 1.29 is 9.15 Å². The standard InChI is InChI=1S/C25H23NO3.ClH/c1-26(14-6-9-18-7-4-3-5-8-18)17-19-10-13-23-22(15-19)25(27)21-12-11-20(28-2)16-24(21)29-23;/h3-13,15-16H,14,17H2,1-2H3;1H/b9-6+;. The molecule has 4 aromatic rings. The highest BCUT2D eigenvalue weighted by Crippen LogP contribution is 2.23. The maximum Gasteiger partial charge on any atom is 0.200 e. The minimum Gasteiger partial charge on any atom is -0.497 e. The van der Waals surface area contributed by atoms with Gasteiger partial charge in [-0.1, -0.05) is 48.6 Å². The third-order valence-corrected chi connectivity index (χ3v) is 4.92. The zero-order valence-electron chi connectivity index (χ0n) is 17.0. The number of likely N-dealkylation sites (N-methyl/N-ethyl adjacent to an activating group) is 1. The van der Waals surface area contributed by atoms with Gasteiger partial charge >= 0.3 is 0 Å². The highest BCUT2D eigenvalue weighted by atomic mass is 35.5. The molecule has 0 spiro atoms. The first-order chi connectivity index (χ1) is 14.1. The Morgan fingerprint density at radius 1 is 0.967 bits per heavy atom. The molecule has 4 nitrogen and oxygen atoms in total. The number of hydrogen-bond donors (Lipinski definition) is 0. The van der Waals surface area contributed by atoms with Crippen LogP contribution in [0, 0.1) is 0 Å². The van der Waals surface area contributed by atoms with Gasteiger partial charge in [0, 0.05) is 19.2 Å². The second-order valence-electron chi connectivity index (χ2n) is 7.13. The Morgan fingerprint density at radius 2 is 1.77 bits per heavy atom. The van der Waals surface area contributed by atoms with E-state index in [9.17, 15) is 4.79 Å². The first-order valence-corrected chi connectivity index (χ1v) is 9.57. The topological polar surface area (TPSA) is 42.7 Å². The molecule has 1 aromatic heterocycles. The number of ether oxygens (including phenoxy) is 1. The fourth-order valence-corrected chi connectivity index (χ4v) is 3.42. The number of halogens is 1. The molecule has 0 atom stereocenters. The number of hydrogen-bond acceptors (Lipinski definition) is 4. The van der Waals surface area contributed by atoms with Crippen molar-refractivity contribution in [2.24, 2.45) is 0 Å². The Kier molecular flexibility index (Phi) is 6.93. The second-order valence-corrected chi connectivity index (χ2v) is 7.13. The summed E-state index contributed by atoms with van der Waals surface area (Å²) < 4.78 is 11.2. The van der Waals surface area contributed by atoms with Crippen LogP contribution in [0.3, 0.4) is 0 Å². The molecular weight excluding hydrogens is 398 g/mol. The van der Waals surface area contributed by atoms with Gasteiger partial charge in [-0.3, -0.25) is 9.69 Å². The maximum absolute atomic E-state index is 12.9. The Labute approximate surface area is 181 Å². The predicted octanol–water partition coefficient (Wildman–Crippen LogP) is 5.52. The number of rotatable bonds is 6. The van der Waals surface area contributed by atoms with E-state index in [1.54, 1.807) is 25.3 Å². The average molecular weight is 422 g/mol. The number of methoxy groups -OCH3 is 1. The van der Waals surface area contributed by atoms with E-state index in [0.29, 0.717) is 27.7 Å². The molecule has 1 heterocycles. The summed E-state index contributed by atoms with van der Waals surface area (Å²) in [4.78, 5) is 15.1. The molecule has 0 saturated heterocycles. The Morgan fingerprint density at radius 3 is 2.53 bits per heavy atom. The molecule has 3 aromatic carbocycles. The fraction of sp³-hybridized carbons (Fsp3) is 0.160. The van der Waals surface area contributed by atoms with Crippen LogP contribution in [0.15, 0.2) is 82.0 Å². The lowest BCUT2D eigenvalue weighted by Crippen LogP contribution is -2.17. The molecule has 0 aliphatic heterocycles. The van der Waals surface area contributed by atoms with Gasteiger partial charge in [0.05, 0.1) is 17.9 Å². The largest absolute Gasteiger partial charge is 0.497 e. The zero-order valence-corrected chi connectivity index (χ0v) is 17.8. The van der Waals surface area contributed by atoms with Gasteiger partial charge in [0.25, 0.3) is 0 Å². The lowest BCUT2D eigenvalue weighted by atomic mass is 10.1. The summed E-state index contributed by atoms with van der Waals surface area (Å²) in [5.74, 6) is 0.668. The van der Waals surface area contributed by atoms with E-state index < -0.39 is 0 Å². The van der Waals surface area contributed by atoms with Gasteiger partial charge in [-0.2, -0.15) is 0 Å². The minimum absolute atomic E-state index is 0. The van der Waals surface area contributed by atoms with Gasteiger partial charge < -0.3 is 9.15 Å². The summed E-state index contributed by atoms with van der Waals surface area (Å²) in [6.45, 7) is 1.56. The van der Waals surface area contributed by atoms with Crippen LogP contribution in [-0.2, 0) is 6.54 Å². The summed E-state index contributed by atoms with van der Waals surface area (Å²) >= 11 is 0. The molecule has 154 valence electrons. The van der Waals surface area contributed by atoms with Gasteiger partial charge in [-0.25, -0.2) is 0 Å². The van der Waals surface area contributed by atoms with Crippen molar-refractivity contribution in [2.75, 3.05) is 20.7 Å². The number of nitrogens with zero attached hydrogens (tertiary/aromatic N) is 1. The van der Waals surface area contributed by atoms with Crippen molar-refractivity contribution in [3.63, 3.8) is 0 Å². The third kappa shape index (κ3) is 4.73. The number of fused-ring (bicyclic) bond motifs is 2. The van der Waals surface area contributed by atoms with Crippen molar-refractivity contribution in [2.45, 2.75) is 6.54 Å². The summed E-state index contributed by atoms with van der Waals surface area (Å²) in [5, 5.41) is 1.17. The molecule has 0 aliphatic rings. The van der Waals surface area contributed by atoms with E-state index in [-0.39, 0.29) is 17.8 Å². The van der Waals surface area contributed by atoms with Crippen LogP contribution >= 0.6 is 12.4 Å². The molecule has 0 radical (unpaired) electrons. The van der Waals surface area contributed by atoms with E-state index >= 15 is 0 Å². The zero-order chi connectivity index (χ0) is 20.2. The van der Waals surface area contributed by atoms with Crippen molar-refractivity contribution in [3.8, 4) is 5.75 Å². The Bertz CT molecular complexity index is 1230. The van der Waals surface area contributed by atoms with Gasteiger partial charge in [-0.15, -0.1) is 12.4 Å². The lowest BCUT2D eigenvalue weighted by molar-refractivity contribution is 0.364. The van der Waals surface area contributed by atoms with Crippen LogP contribution in [0.25, 0.3) is 28.0 Å². The summed E-state index contributed by atoms with van der Waals surface area (Å²) in [6, 6.07) is 21.3. The van der Waals surface area contributed by atoms with Crippen molar-refractivity contribution in [1.82, 2.24) is 4.90 Å². The molecule has 0 N–H and O–H groups in total. The van der Waals surface area contributed by atoms with Crippen LogP contribution < -0.4 is 10.2 Å². The van der Waals surface area contributed by atoms with Gasteiger partial charge in [0.1, 0.15) is 16.9 Å². The highest BCUT2D eigenvalue weighted by Gasteiger charge is 2.10. The highest BCUT2D eigenvalue weighted by molar-refractivity contribution is 5.90. The van der Waals surface area contributed by atoms with E-state index in [1.165, 1.54) is 5.56 Å². The maximum atomic E-state index is 12.9. The quantitative estimate of drug-likeness (QED) is 0.384. The molecule has 0 unspecified atom stereocenters. The Hall–Kier alpha value is -3.08. The fourth-order valence-electron chi connectivity index (χ4n) is 3.42. The molecule has 0 amide bonds. The average Bonchev–Trinajstić information content (AvgIpc) is 2.74. The van der Waals surface area contributed by atoms with E-state index in [1.807, 2.05) is 36.4 Å². The number of benzene rings is 3. The smallest absolute Gasteiger partial charge is 0.200 e. The van der Waals surface area contributed by atoms with Crippen LogP contribution in [0.2, 0.25) is 0 Å². The molecule has 0 bridgehead atoms. The van der Waals surface area contributed by atoms with Crippen LogP contribution in [0.5, 0.6) is 5.75 Å². The van der Waals surface area contributed by atoms with Crippen molar-refractivity contribution >= 4 is 40.4 Å². The summed E-state index contributed by atoms with van der Waals surface area (Å²) in [7, 11) is 3.66. The lowest BCUT2D eigenvalue weighted by Gasteiger charge is -2.14. The minimum atomic E-state index is -0.0163. The van der Waals surface area contributed by atoms with Gasteiger partial charge in [0.2, 0.25) is 5.43 Å². The molecular formula is C25H24ClNO3. The van der Waals surface area contributed by atoms with Crippen molar-refractivity contribution in [3.05, 3.63) is 94.2 Å². The second kappa shape index (κ2) is 9.61. The van der Waals surface area contributed by atoms with Crippen LogP contribution in [0.1, 0.15) is 11.1 Å². The van der Waals surface area contributed by atoms with Crippen LogP contribution in [0.4, 0.5) is 0 Å². The molecule has 30 heavy (non-hydrogen) atoms. The van der Waals surface area contributed by atoms with Gasteiger partial charge in [-0.05, 0) is 42.4 Å². The molecule has 0 aliphatic carbocycles. The van der Waals surface area contributed by atoms with E-state index in [4.69, 9.17) is 9.15 Å². The first-order valence-electron chi connectivity index (χ1n) is 9.57. The van der Waals surface area contributed by atoms with Crippen molar-refractivity contribution in [1.29, 1.82) is 0 Å². The van der Waals surface area contributed by atoms with Gasteiger partial charge in [0.15, 0.2) is 0 Å². The monoisotopic (exact) mass is 421 g/mol. The first kappa shape index (κ1) is 21.6. The molecule has 4 rings (SSSR count). The molecule has 0 fully saturated rings. The predicted molar refractivity (Wildman–Crippen MR) is 126 cm³/mol. The SMILES string of the molecule is COc1ccc2c(=O)c3cc(CN(C)C/C=C/c4ccccc4)ccc3oc2c1.Cl. The van der Waals surface area contributed by atoms with E-state index in [2.05, 4.69) is 36.2 Å².